The van der Waals surface area contributed by atoms with E-state index >= 15 is 0 Å². The topological polar surface area (TPSA) is 70.2 Å². The van der Waals surface area contributed by atoms with Crippen molar-refractivity contribution in [2.45, 2.75) is 19.3 Å². The Labute approximate surface area is 90.0 Å². The molecule has 1 rings (SSSR count). The summed E-state index contributed by atoms with van der Waals surface area (Å²) in [5.74, 6) is 0.327. The normalized spacial score (nSPS) is 17.1. The lowest BCUT2D eigenvalue weighted by Gasteiger charge is -2.21. The van der Waals surface area contributed by atoms with E-state index in [1.165, 1.54) is 0 Å². The predicted octanol–water partition coefficient (Wildman–Crippen LogP) is -0.762. The maximum Gasteiger partial charge on any atom is 0.223 e. The minimum absolute atomic E-state index is 0.155. The number of carbonyl (C=O) groups excluding carboxylic acids is 2. The van der Waals surface area contributed by atoms with E-state index in [2.05, 4.69) is 16.0 Å². The molecule has 5 heteroatoms. The minimum atomic E-state index is 0.155. The van der Waals surface area contributed by atoms with E-state index < -0.39 is 0 Å². The molecule has 0 atom stereocenters. The van der Waals surface area contributed by atoms with Gasteiger partial charge in [-0.3, -0.25) is 9.59 Å². The monoisotopic (exact) mass is 213 g/mol. The summed E-state index contributed by atoms with van der Waals surface area (Å²) in [5.41, 5.74) is 0. The Balaban J connectivity index is 2.04. The zero-order valence-corrected chi connectivity index (χ0v) is 8.92. The third-order valence-electron chi connectivity index (χ3n) is 2.59. The van der Waals surface area contributed by atoms with Gasteiger partial charge in [0.25, 0.3) is 0 Å². The van der Waals surface area contributed by atoms with Crippen molar-refractivity contribution in [3.63, 3.8) is 0 Å². The van der Waals surface area contributed by atoms with Crippen molar-refractivity contribution in [3.8, 4) is 0 Å². The van der Waals surface area contributed by atoms with Crippen molar-refractivity contribution in [2.75, 3.05) is 26.2 Å². The number of piperidine rings is 1. The molecule has 3 N–H and O–H groups in total. The quantitative estimate of drug-likeness (QED) is 0.401. The fraction of sp³-hybridized carbons (Fsp3) is 0.800. The molecule has 0 aliphatic carbocycles. The third kappa shape index (κ3) is 4.78. The Morgan fingerprint density at radius 3 is 2.73 bits per heavy atom. The molecule has 0 saturated carbocycles. The van der Waals surface area contributed by atoms with Crippen molar-refractivity contribution in [1.82, 2.24) is 16.0 Å². The van der Waals surface area contributed by atoms with Gasteiger partial charge in [0, 0.05) is 19.0 Å². The largest absolute Gasteiger partial charge is 0.359 e. The summed E-state index contributed by atoms with van der Waals surface area (Å²) in [5, 5.41) is 8.67. The molecule has 0 aromatic rings. The average molecular weight is 213 g/mol. The van der Waals surface area contributed by atoms with Crippen LogP contribution in [-0.2, 0) is 9.59 Å². The molecule has 1 fully saturated rings. The van der Waals surface area contributed by atoms with E-state index in [1.54, 1.807) is 0 Å². The van der Waals surface area contributed by atoms with Crippen molar-refractivity contribution in [1.29, 1.82) is 0 Å². The van der Waals surface area contributed by atoms with Gasteiger partial charge in [-0.2, -0.15) is 0 Å². The zero-order chi connectivity index (χ0) is 10.9. The van der Waals surface area contributed by atoms with Gasteiger partial charge >= 0.3 is 0 Å². The van der Waals surface area contributed by atoms with Gasteiger partial charge in [0.1, 0.15) is 0 Å². The first-order valence-corrected chi connectivity index (χ1v) is 5.50. The van der Waals surface area contributed by atoms with E-state index in [0.717, 1.165) is 32.4 Å². The van der Waals surface area contributed by atoms with E-state index in [4.69, 9.17) is 0 Å². The average Bonchev–Trinajstić information content (AvgIpc) is 2.30. The highest BCUT2D eigenvalue weighted by Crippen LogP contribution is 2.10. The van der Waals surface area contributed by atoms with Gasteiger partial charge in [-0.1, -0.05) is 0 Å². The van der Waals surface area contributed by atoms with Gasteiger partial charge < -0.3 is 16.0 Å². The molecule has 15 heavy (non-hydrogen) atoms. The van der Waals surface area contributed by atoms with Crippen LogP contribution in [0.1, 0.15) is 19.3 Å². The van der Waals surface area contributed by atoms with Crippen molar-refractivity contribution in [2.24, 2.45) is 5.92 Å². The van der Waals surface area contributed by atoms with Crippen molar-refractivity contribution < 1.29 is 9.59 Å². The summed E-state index contributed by atoms with van der Waals surface area (Å²) in [7, 11) is 0. The minimum Gasteiger partial charge on any atom is -0.359 e. The molecule has 2 amide bonds. The van der Waals surface area contributed by atoms with E-state index in [1.807, 2.05) is 0 Å². The molecule has 0 spiro atoms. The van der Waals surface area contributed by atoms with E-state index in [0.29, 0.717) is 19.5 Å². The van der Waals surface area contributed by atoms with Crippen LogP contribution in [0.25, 0.3) is 0 Å². The summed E-state index contributed by atoms with van der Waals surface area (Å²) >= 11 is 0. The maximum atomic E-state index is 11.6. The number of hydrogen-bond acceptors (Lipinski definition) is 3. The first-order valence-electron chi connectivity index (χ1n) is 5.50. The molecule has 0 bridgehead atoms. The Hall–Kier alpha value is -1.10. The lowest BCUT2D eigenvalue weighted by molar-refractivity contribution is -0.125. The highest BCUT2D eigenvalue weighted by atomic mass is 16.2. The second-order valence-electron chi connectivity index (χ2n) is 3.74. The molecule has 1 aliphatic heterocycles. The molecular weight excluding hydrogens is 194 g/mol. The lowest BCUT2D eigenvalue weighted by Crippen LogP contribution is -2.38. The number of rotatable bonds is 6. The molecule has 0 unspecified atom stereocenters. The SMILES string of the molecule is O=CNCCCNC(=O)C1CCNCC1. The van der Waals surface area contributed by atoms with Gasteiger partial charge in [0.15, 0.2) is 0 Å². The van der Waals surface area contributed by atoms with E-state index in [9.17, 15) is 9.59 Å². The predicted molar refractivity (Wildman–Crippen MR) is 57.3 cm³/mol. The lowest BCUT2D eigenvalue weighted by atomic mass is 9.97. The second kappa shape index (κ2) is 7.23. The van der Waals surface area contributed by atoms with Crippen LogP contribution >= 0.6 is 0 Å². The number of carbonyl (C=O) groups is 2. The smallest absolute Gasteiger partial charge is 0.223 e. The van der Waals surface area contributed by atoms with Crippen LogP contribution in [-0.4, -0.2) is 38.5 Å². The van der Waals surface area contributed by atoms with Crippen LogP contribution in [0.15, 0.2) is 0 Å². The molecule has 0 radical (unpaired) electrons. The summed E-state index contributed by atoms with van der Waals surface area (Å²) in [6, 6.07) is 0. The van der Waals surface area contributed by atoms with Crippen LogP contribution in [0, 0.1) is 5.92 Å². The van der Waals surface area contributed by atoms with Crippen molar-refractivity contribution >= 4 is 12.3 Å². The van der Waals surface area contributed by atoms with Gasteiger partial charge in [-0.05, 0) is 32.4 Å². The van der Waals surface area contributed by atoms with Crippen LogP contribution < -0.4 is 16.0 Å². The van der Waals surface area contributed by atoms with Gasteiger partial charge in [-0.15, -0.1) is 0 Å². The molecule has 0 aromatic heterocycles. The zero-order valence-electron chi connectivity index (χ0n) is 8.92. The van der Waals surface area contributed by atoms with E-state index in [-0.39, 0.29) is 11.8 Å². The molecular formula is C10H19N3O2. The highest BCUT2D eigenvalue weighted by molar-refractivity contribution is 5.78. The number of hydrogen-bond donors (Lipinski definition) is 3. The summed E-state index contributed by atoms with van der Waals surface area (Å²) in [6.45, 7) is 3.13. The Bertz CT molecular complexity index is 203. The van der Waals surface area contributed by atoms with Gasteiger partial charge in [0.2, 0.25) is 12.3 Å². The molecule has 5 nitrogen and oxygen atoms in total. The Morgan fingerprint density at radius 1 is 1.33 bits per heavy atom. The molecule has 1 aliphatic rings. The van der Waals surface area contributed by atoms with Gasteiger partial charge in [-0.25, -0.2) is 0 Å². The van der Waals surface area contributed by atoms with Crippen molar-refractivity contribution in [3.05, 3.63) is 0 Å². The fourth-order valence-electron chi connectivity index (χ4n) is 1.69. The van der Waals surface area contributed by atoms with Crippen LogP contribution in [0.3, 0.4) is 0 Å². The second-order valence-corrected chi connectivity index (χ2v) is 3.74. The first kappa shape index (κ1) is 12.0. The summed E-state index contributed by atoms with van der Waals surface area (Å²) in [6.07, 6.45) is 3.32. The Kier molecular flexibility index (Phi) is 5.77. The first-order chi connectivity index (χ1) is 7.34. The molecule has 0 aromatic carbocycles. The molecule has 1 saturated heterocycles. The molecule has 86 valence electrons. The third-order valence-corrected chi connectivity index (χ3v) is 2.59. The van der Waals surface area contributed by atoms with Crippen LogP contribution in [0.4, 0.5) is 0 Å². The maximum absolute atomic E-state index is 11.6. The summed E-state index contributed by atoms with van der Waals surface area (Å²) in [4.78, 5) is 21.5. The van der Waals surface area contributed by atoms with Crippen LogP contribution in [0.2, 0.25) is 0 Å². The number of nitrogens with one attached hydrogen (secondary N) is 3. The highest BCUT2D eigenvalue weighted by Gasteiger charge is 2.19. The molecule has 1 heterocycles. The summed E-state index contributed by atoms with van der Waals surface area (Å²) < 4.78 is 0. The standard InChI is InChI=1S/C10H19N3O2/c14-8-12-4-1-5-13-10(15)9-2-6-11-7-3-9/h8-9,11H,1-7H2,(H,12,14)(H,13,15). The fourth-order valence-corrected chi connectivity index (χ4v) is 1.69. The number of amides is 2. The van der Waals surface area contributed by atoms with Crippen LogP contribution in [0.5, 0.6) is 0 Å². The van der Waals surface area contributed by atoms with Gasteiger partial charge in [0.05, 0.1) is 0 Å². The Morgan fingerprint density at radius 2 is 2.07 bits per heavy atom.